The van der Waals surface area contributed by atoms with E-state index in [1.807, 2.05) is 6.92 Å². The van der Waals surface area contributed by atoms with Gasteiger partial charge in [0.05, 0.1) is 12.2 Å². The molecule has 0 aromatic rings. The molecule has 4 heteroatoms. The predicted octanol–water partition coefficient (Wildman–Crippen LogP) is 4.80. The van der Waals surface area contributed by atoms with E-state index in [9.17, 15) is 19.8 Å². The Morgan fingerprint density at radius 2 is 1.84 bits per heavy atom. The first kappa shape index (κ1) is 23.4. The van der Waals surface area contributed by atoms with Gasteiger partial charge in [0.15, 0.2) is 0 Å². The van der Waals surface area contributed by atoms with Crippen LogP contribution in [0, 0.1) is 52.3 Å². The van der Waals surface area contributed by atoms with Crippen LogP contribution in [0.3, 0.4) is 0 Å². The van der Waals surface area contributed by atoms with Crippen LogP contribution in [-0.2, 0) is 9.59 Å². The molecule has 0 saturated heterocycles. The van der Waals surface area contributed by atoms with Crippen molar-refractivity contribution in [2.75, 3.05) is 0 Å². The first-order chi connectivity index (χ1) is 14.6. The van der Waals surface area contributed by atoms with Gasteiger partial charge in [-0.15, -0.1) is 0 Å². The van der Waals surface area contributed by atoms with Gasteiger partial charge in [-0.3, -0.25) is 4.79 Å². The molecule has 4 nitrogen and oxygen atoms in total. The quantitative estimate of drug-likeness (QED) is 0.591. The topological polar surface area (TPSA) is 74.6 Å². The first-order valence-corrected chi connectivity index (χ1v) is 13.0. The number of fused-ring (bicyclic) bond motifs is 5. The molecule has 0 aliphatic heterocycles. The minimum Gasteiger partial charge on any atom is -0.393 e. The minimum absolute atomic E-state index is 0.0782. The molecule has 4 rings (SSSR count). The van der Waals surface area contributed by atoms with Crippen LogP contribution in [-0.4, -0.2) is 34.5 Å². The van der Waals surface area contributed by atoms with E-state index in [1.54, 1.807) is 0 Å². The molecule has 4 saturated carbocycles. The Hall–Kier alpha value is -0.740. The van der Waals surface area contributed by atoms with Crippen molar-refractivity contribution in [1.29, 1.82) is 0 Å². The number of Topliss-reactive ketones (excluding diaryl/α,β-unsaturated/α-hetero) is 1. The molecule has 2 N–H and O–H groups in total. The maximum absolute atomic E-state index is 12.1. The van der Waals surface area contributed by atoms with Crippen LogP contribution in [0.4, 0.5) is 0 Å². The smallest absolute Gasteiger partial charge is 0.133 e. The van der Waals surface area contributed by atoms with Crippen LogP contribution in [0.1, 0.15) is 91.9 Å². The summed E-state index contributed by atoms with van der Waals surface area (Å²) < 4.78 is 0. The van der Waals surface area contributed by atoms with Crippen LogP contribution in [0.15, 0.2) is 0 Å². The van der Waals surface area contributed by atoms with E-state index in [-0.39, 0.29) is 40.8 Å². The van der Waals surface area contributed by atoms with E-state index < -0.39 is 0 Å². The van der Waals surface area contributed by atoms with Crippen LogP contribution in [0.2, 0.25) is 0 Å². The summed E-state index contributed by atoms with van der Waals surface area (Å²) in [5.74, 6) is 2.72. The molecule has 0 aromatic heterocycles. The molecule has 0 amide bonds. The number of aldehydes is 1. The second-order valence-corrected chi connectivity index (χ2v) is 12.4. The van der Waals surface area contributed by atoms with E-state index in [2.05, 4.69) is 20.8 Å². The standard InChI is InChI=1S/C27H44O4/c1-16(15-28)6-5-7-17(2)20-8-9-21-25-22(14-24(31)27(20,21)4)26(3)11-10-19(29)12-18(26)13-23(25)30/h15-18,20-25,30-31H,5-14H2,1-4H3/t16-,17-,18+,20-,21+,22+,23-,24+,25+,26+,27-/m1/s1. The molecule has 0 spiro atoms. The number of rotatable bonds is 6. The van der Waals surface area contributed by atoms with Gasteiger partial charge in [0.1, 0.15) is 12.1 Å². The number of aliphatic hydroxyl groups is 2. The SMILES string of the molecule is C[C@H](CCC[C@@H](C)C=O)[C@H]1CC[C@H]2[C@@H]3[C@H](O)C[C@@H]4CC(=O)CC[C@]4(C)[C@H]3C[C@H](O)[C@]12C. The van der Waals surface area contributed by atoms with Gasteiger partial charge in [0, 0.05) is 18.8 Å². The highest BCUT2D eigenvalue weighted by atomic mass is 16.3. The fraction of sp³-hybridized carbons (Fsp3) is 0.926. The zero-order valence-corrected chi connectivity index (χ0v) is 20.1. The monoisotopic (exact) mass is 432 g/mol. The molecule has 0 unspecified atom stereocenters. The van der Waals surface area contributed by atoms with Gasteiger partial charge in [0.2, 0.25) is 0 Å². The summed E-state index contributed by atoms with van der Waals surface area (Å²) in [7, 11) is 0. The zero-order valence-electron chi connectivity index (χ0n) is 20.1. The predicted molar refractivity (Wildman–Crippen MR) is 121 cm³/mol. The van der Waals surface area contributed by atoms with Crippen molar-refractivity contribution in [3.05, 3.63) is 0 Å². The van der Waals surface area contributed by atoms with Gasteiger partial charge >= 0.3 is 0 Å². The number of carbonyl (C=O) groups excluding carboxylic acids is 2. The maximum atomic E-state index is 12.1. The number of carbonyl (C=O) groups is 2. The van der Waals surface area contributed by atoms with Crippen molar-refractivity contribution in [3.63, 3.8) is 0 Å². The Bertz CT molecular complexity index is 691. The molecule has 176 valence electrons. The molecular formula is C27H44O4. The lowest BCUT2D eigenvalue weighted by molar-refractivity contribution is -0.201. The number of hydrogen-bond acceptors (Lipinski definition) is 4. The fourth-order valence-electron chi connectivity index (χ4n) is 8.98. The Morgan fingerprint density at radius 1 is 1.10 bits per heavy atom. The van der Waals surface area contributed by atoms with Crippen molar-refractivity contribution in [2.24, 2.45) is 52.3 Å². The molecule has 0 bridgehead atoms. The van der Waals surface area contributed by atoms with Gasteiger partial charge in [-0.25, -0.2) is 0 Å². The van der Waals surface area contributed by atoms with E-state index in [0.29, 0.717) is 42.3 Å². The third-order valence-electron chi connectivity index (χ3n) is 10.9. The second-order valence-electron chi connectivity index (χ2n) is 12.4. The summed E-state index contributed by atoms with van der Waals surface area (Å²) in [4.78, 5) is 23.1. The number of aliphatic hydroxyl groups excluding tert-OH is 2. The van der Waals surface area contributed by atoms with E-state index in [0.717, 1.165) is 57.7 Å². The lowest BCUT2D eigenvalue weighted by atomic mass is 9.43. The van der Waals surface area contributed by atoms with Gasteiger partial charge < -0.3 is 15.0 Å². The summed E-state index contributed by atoms with van der Waals surface area (Å²) in [6, 6.07) is 0. The Kier molecular flexibility index (Phi) is 6.46. The van der Waals surface area contributed by atoms with Crippen molar-refractivity contribution in [3.8, 4) is 0 Å². The Labute approximate surface area is 188 Å². The van der Waals surface area contributed by atoms with Gasteiger partial charge in [-0.05, 0) is 84.9 Å². The van der Waals surface area contributed by atoms with Crippen molar-refractivity contribution < 1.29 is 19.8 Å². The summed E-state index contributed by atoms with van der Waals surface area (Å²) in [5, 5.41) is 22.9. The average molecular weight is 433 g/mol. The van der Waals surface area contributed by atoms with Crippen LogP contribution in [0.25, 0.3) is 0 Å². The summed E-state index contributed by atoms with van der Waals surface area (Å²) >= 11 is 0. The Balaban J connectivity index is 1.54. The summed E-state index contributed by atoms with van der Waals surface area (Å²) in [5.41, 5.74) is -0.0552. The van der Waals surface area contributed by atoms with E-state index in [4.69, 9.17) is 0 Å². The second kappa shape index (κ2) is 8.56. The van der Waals surface area contributed by atoms with E-state index >= 15 is 0 Å². The van der Waals surface area contributed by atoms with Gasteiger partial charge in [-0.1, -0.05) is 40.5 Å². The summed E-state index contributed by atoms with van der Waals surface area (Å²) in [6.07, 6.45) is 9.50. The van der Waals surface area contributed by atoms with E-state index in [1.165, 1.54) is 0 Å². The van der Waals surface area contributed by atoms with Crippen LogP contribution in [0.5, 0.6) is 0 Å². The molecule has 0 heterocycles. The van der Waals surface area contributed by atoms with Crippen molar-refractivity contribution in [2.45, 2.75) is 104 Å². The molecule has 4 aliphatic carbocycles. The molecule has 31 heavy (non-hydrogen) atoms. The first-order valence-electron chi connectivity index (χ1n) is 13.0. The molecule has 11 atom stereocenters. The van der Waals surface area contributed by atoms with Gasteiger partial charge in [0.25, 0.3) is 0 Å². The lowest BCUT2D eigenvalue weighted by Crippen LogP contribution is -2.62. The highest BCUT2D eigenvalue weighted by molar-refractivity contribution is 5.79. The third kappa shape index (κ3) is 3.74. The van der Waals surface area contributed by atoms with Crippen LogP contribution >= 0.6 is 0 Å². The molecule has 4 aliphatic rings. The van der Waals surface area contributed by atoms with Crippen LogP contribution < -0.4 is 0 Å². The minimum atomic E-state index is -0.340. The largest absolute Gasteiger partial charge is 0.393 e. The lowest BCUT2D eigenvalue weighted by Gasteiger charge is -2.63. The molecule has 0 radical (unpaired) electrons. The fourth-order valence-corrected chi connectivity index (χ4v) is 8.98. The highest BCUT2D eigenvalue weighted by Crippen LogP contribution is 2.68. The normalized spacial score (nSPS) is 49.0. The highest BCUT2D eigenvalue weighted by Gasteiger charge is 2.65. The third-order valence-corrected chi connectivity index (χ3v) is 10.9. The van der Waals surface area contributed by atoms with Crippen molar-refractivity contribution in [1.82, 2.24) is 0 Å². The number of hydrogen-bond donors (Lipinski definition) is 2. The molecule has 4 fully saturated rings. The summed E-state index contributed by atoms with van der Waals surface area (Å²) in [6.45, 7) is 9.00. The number of ketones is 1. The average Bonchev–Trinajstić information content (AvgIpc) is 3.08. The molecular weight excluding hydrogens is 388 g/mol. The Morgan fingerprint density at radius 3 is 2.55 bits per heavy atom. The van der Waals surface area contributed by atoms with Crippen molar-refractivity contribution >= 4 is 12.1 Å². The maximum Gasteiger partial charge on any atom is 0.133 e. The molecule has 0 aromatic carbocycles. The van der Waals surface area contributed by atoms with Gasteiger partial charge in [-0.2, -0.15) is 0 Å². The zero-order chi connectivity index (χ0) is 22.6.